The van der Waals surface area contributed by atoms with Crippen molar-refractivity contribution in [1.29, 1.82) is 0 Å². The van der Waals surface area contributed by atoms with Crippen molar-refractivity contribution in [2.45, 2.75) is 45.1 Å². The van der Waals surface area contributed by atoms with Gasteiger partial charge in [0.05, 0.1) is 5.01 Å². The molecule has 5 nitrogen and oxygen atoms in total. The molecule has 1 aliphatic heterocycles. The minimum absolute atomic E-state index is 0.318. The molecule has 3 rings (SSSR count). The quantitative estimate of drug-likeness (QED) is 0.648. The molecule has 0 aromatic carbocycles. The van der Waals surface area contributed by atoms with E-state index in [0.29, 0.717) is 12.4 Å². The first-order valence-corrected chi connectivity index (χ1v) is 9.55. The predicted molar refractivity (Wildman–Crippen MR) is 104 cm³/mol. The zero-order chi connectivity index (χ0) is 18.8. The molecule has 3 heterocycles. The van der Waals surface area contributed by atoms with Gasteiger partial charge in [-0.2, -0.15) is 0 Å². The van der Waals surface area contributed by atoms with Crippen molar-refractivity contribution < 1.29 is 9.53 Å². The van der Waals surface area contributed by atoms with Crippen LogP contribution in [0, 0.1) is 11.8 Å². The largest absolute Gasteiger partial charge is 0.462 e. The first kappa shape index (κ1) is 20.1. The summed E-state index contributed by atoms with van der Waals surface area (Å²) in [7, 11) is 0. The van der Waals surface area contributed by atoms with Gasteiger partial charge in [0.15, 0.2) is 0 Å². The second-order valence-electron chi connectivity index (χ2n) is 6.91. The van der Waals surface area contributed by atoms with E-state index in [0.717, 1.165) is 24.3 Å². The van der Waals surface area contributed by atoms with Crippen LogP contribution < -0.4 is 5.32 Å². The standard InChI is InChI=1S/C15H15N3S.C5H10O2/c1-2-12(10-17-7-1)3-4-14-11-19-15(18-14)13-5-8-16-9-6-13;1-5(2,3)7-4-6/h1-2,7,10-11,13,16H,5-6,8-9H2;4H,1-3H3. The summed E-state index contributed by atoms with van der Waals surface area (Å²) in [5.41, 5.74) is 1.49. The zero-order valence-electron chi connectivity index (χ0n) is 15.5. The maximum atomic E-state index is 9.60. The highest BCUT2D eigenvalue weighted by atomic mass is 32.1. The van der Waals surface area contributed by atoms with Crippen LogP contribution >= 0.6 is 11.3 Å². The lowest BCUT2D eigenvalue weighted by Crippen LogP contribution is -2.26. The van der Waals surface area contributed by atoms with Crippen LogP contribution in [0.2, 0.25) is 0 Å². The topological polar surface area (TPSA) is 64.1 Å². The van der Waals surface area contributed by atoms with Gasteiger partial charge in [-0.1, -0.05) is 5.92 Å². The van der Waals surface area contributed by atoms with Crippen LogP contribution in [0.15, 0.2) is 29.9 Å². The van der Waals surface area contributed by atoms with Crippen molar-refractivity contribution in [1.82, 2.24) is 15.3 Å². The smallest absolute Gasteiger partial charge is 0.293 e. The summed E-state index contributed by atoms with van der Waals surface area (Å²) in [6.45, 7) is 8.12. The third-order valence-corrected chi connectivity index (χ3v) is 4.62. The second-order valence-corrected chi connectivity index (χ2v) is 7.80. The van der Waals surface area contributed by atoms with Gasteiger partial charge in [-0.25, -0.2) is 4.98 Å². The van der Waals surface area contributed by atoms with E-state index < -0.39 is 0 Å². The van der Waals surface area contributed by atoms with Crippen LogP contribution in [0.25, 0.3) is 0 Å². The minimum Gasteiger partial charge on any atom is -0.462 e. The average Bonchev–Trinajstić information content (AvgIpc) is 3.10. The van der Waals surface area contributed by atoms with E-state index in [1.807, 2.05) is 32.9 Å². The van der Waals surface area contributed by atoms with Crippen LogP contribution in [-0.4, -0.2) is 35.1 Å². The Bertz CT molecular complexity index is 736. The van der Waals surface area contributed by atoms with Crippen molar-refractivity contribution in [2.75, 3.05) is 13.1 Å². The number of hydrogen-bond donors (Lipinski definition) is 1. The molecule has 2 aromatic heterocycles. The summed E-state index contributed by atoms with van der Waals surface area (Å²) in [6.07, 6.45) is 5.89. The second kappa shape index (κ2) is 10.0. The van der Waals surface area contributed by atoms with Crippen LogP contribution in [0.4, 0.5) is 0 Å². The Labute approximate surface area is 159 Å². The summed E-state index contributed by atoms with van der Waals surface area (Å²) in [4.78, 5) is 18.3. The molecule has 0 unspecified atom stereocenters. The van der Waals surface area contributed by atoms with Crippen molar-refractivity contribution in [3.63, 3.8) is 0 Å². The number of nitrogens with one attached hydrogen (secondary N) is 1. The summed E-state index contributed by atoms with van der Waals surface area (Å²) in [5.74, 6) is 6.82. The highest BCUT2D eigenvalue weighted by Crippen LogP contribution is 2.27. The maximum absolute atomic E-state index is 9.60. The molecule has 0 atom stereocenters. The molecule has 1 aliphatic rings. The van der Waals surface area contributed by atoms with Gasteiger partial charge in [0.25, 0.3) is 6.47 Å². The van der Waals surface area contributed by atoms with Crippen molar-refractivity contribution >= 4 is 17.8 Å². The van der Waals surface area contributed by atoms with Crippen molar-refractivity contribution in [2.24, 2.45) is 0 Å². The molecule has 0 amide bonds. The molecule has 0 spiro atoms. The highest BCUT2D eigenvalue weighted by molar-refractivity contribution is 7.09. The number of carbonyl (C=O) groups is 1. The number of nitrogens with zero attached hydrogens (tertiary/aromatic N) is 2. The van der Waals surface area contributed by atoms with Gasteiger partial charge in [0.2, 0.25) is 0 Å². The lowest BCUT2D eigenvalue weighted by atomic mass is 9.99. The first-order valence-electron chi connectivity index (χ1n) is 8.67. The fraction of sp³-hybridized carbons (Fsp3) is 0.450. The van der Waals surface area contributed by atoms with Gasteiger partial charge in [-0.3, -0.25) is 9.78 Å². The Kier molecular flexibility index (Phi) is 7.76. The lowest BCUT2D eigenvalue weighted by molar-refractivity contribution is -0.138. The number of thiazole rings is 1. The zero-order valence-corrected chi connectivity index (χ0v) is 16.3. The van der Waals surface area contributed by atoms with E-state index in [4.69, 9.17) is 0 Å². The first-order chi connectivity index (χ1) is 12.5. The average molecular weight is 372 g/mol. The van der Waals surface area contributed by atoms with Gasteiger partial charge < -0.3 is 10.1 Å². The molecule has 0 radical (unpaired) electrons. The summed E-state index contributed by atoms with van der Waals surface area (Å²) >= 11 is 1.73. The number of aromatic nitrogens is 2. The Hall–Kier alpha value is -2.23. The number of carbonyl (C=O) groups excluding carboxylic acids is 1. The van der Waals surface area contributed by atoms with Gasteiger partial charge in [-0.05, 0) is 64.8 Å². The van der Waals surface area contributed by atoms with Crippen LogP contribution in [0.1, 0.15) is 55.8 Å². The molecule has 26 heavy (non-hydrogen) atoms. The fourth-order valence-electron chi connectivity index (χ4n) is 2.32. The molecular weight excluding hydrogens is 346 g/mol. The molecule has 1 saturated heterocycles. The predicted octanol–water partition coefficient (Wildman–Crippen LogP) is 3.36. The normalized spacial score (nSPS) is 14.4. The van der Waals surface area contributed by atoms with E-state index in [9.17, 15) is 4.79 Å². The fourth-order valence-corrected chi connectivity index (χ4v) is 3.24. The van der Waals surface area contributed by atoms with E-state index in [1.165, 1.54) is 17.8 Å². The molecule has 1 N–H and O–H groups in total. The SMILES string of the molecule is C(#Cc1csc(C2CCNCC2)n1)c1cccnc1.CC(C)(C)OC=O. The molecule has 6 heteroatoms. The highest BCUT2D eigenvalue weighted by Gasteiger charge is 2.17. The lowest BCUT2D eigenvalue weighted by Gasteiger charge is -2.20. The number of hydrogen-bond acceptors (Lipinski definition) is 6. The van der Waals surface area contributed by atoms with Crippen LogP contribution in [0.3, 0.4) is 0 Å². The van der Waals surface area contributed by atoms with Crippen molar-refractivity contribution in [3.05, 3.63) is 46.2 Å². The van der Waals surface area contributed by atoms with Gasteiger partial charge in [0.1, 0.15) is 11.3 Å². The van der Waals surface area contributed by atoms with E-state index in [2.05, 4.69) is 37.2 Å². The Morgan fingerprint density at radius 3 is 2.65 bits per heavy atom. The third kappa shape index (κ3) is 7.34. The molecule has 138 valence electrons. The van der Waals surface area contributed by atoms with Crippen molar-refractivity contribution in [3.8, 4) is 11.8 Å². The number of piperidine rings is 1. The maximum Gasteiger partial charge on any atom is 0.293 e. The molecule has 0 saturated carbocycles. The molecule has 0 bridgehead atoms. The van der Waals surface area contributed by atoms with Crippen LogP contribution in [0.5, 0.6) is 0 Å². The molecule has 2 aromatic rings. The van der Waals surface area contributed by atoms with Gasteiger partial charge in [-0.15, -0.1) is 11.3 Å². The van der Waals surface area contributed by atoms with E-state index in [1.54, 1.807) is 23.7 Å². The summed E-state index contributed by atoms with van der Waals surface area (Å²) in [6, 6.07) is 3.85. The molecule has 0 aliphatic carbocycles. The van der Waals surface area contributed by atoms with E-state index in [-0.39, 0.29) is 5.60 Å². The Balaban J connectivity index is 0.000000298. The van der Waals surface area contributed by atoms with Crippen LogP contribution in [-0.2, 0) is 9.53 Å². The third-order valence-electron chi connectivity index (χ3n) is 3.61. The number of ether oxygens (including phenoxy) is 1. The van der Waals surface area contributed by atoms with Gasteiger partial charge >= 0.3 is 0 Å². The number of pyridine rings is 1. The molecule has 1 fully saturated rings. The molecular formula is C20H25N3O2S. The minimum atomic E-state index is -0.318. The Morgan fingerprint density at radius 1 is 1.31 bits per heavy atom. The van der Waals surface area contributed by atoms with Gasteiger partial charge in [0, 0.05) is 29.3 Å². The Morgan fingerprint density at radius 2 is 2.08 bits per heavy atom. The monoisotopic (exact) mass is 371 g/mol. The summed E-state index contributed by atoms with van der Waals surface area (Å²) in [5, 5.41) is 6.67. The van der Waals surface area contributed by atoms with E-state index >= 15 is 0 Å². The number of rotatable bonds is 2. The summed E-state index contributed by atoms with van der Waals surface area (Å²) < 4.78 is 4.55.